The van der Waals surface area contributed by atoms with Crippen molar-refractivity contribution in [2.45, 2.75) is 26.8 Å². The zero-order valence-corrected chi connectivity index (χ0v) is 15.1. The molecule has 0 fully saturated rings. The van der Waals surface area contributed by atoms with Gasteiger partial charge in [-0.05, 0) is 20.3 Å². The van der Waals surface area contributed by atoms with Crippen molar-refractivity contribution in [3.05, 3.63) is 15.6 Å². The molecule has 5 nitrogen and oxygen atoms in total. The zero-order chi connectivity index (χ0) is 13.4. The van der Waals surface area contributed by atoms with E-state index in [9.17, 15) is 0 Å². The Kier molecular flexibility index (Phi) is 10.2. The summed E-state index contributed by atoms with van der Waals surface area (Å²) >= 11 is 1.72. The van der Waals surface area contributed by atoms with Crippen LogP contribution in [0.15, 0.2) is 4.99 Å². The van der Waals surface area contributed by atoms with Crippen LogP contribution >= 0.6 is 35.3 Å². The number of rotatable bonds is 6. The second-order valence-corrected chi connectivity index (χ2v) is 5.23. The number of thiazole rings is 1. The molecule has 0 aliphatic carbocycles. The lowest BCUT2D eigenvalue weighted by molar-refractivity contribution is 0.195. The number of aliphatic imine (C=N–C) groups is 1. The fourth-order valence-corrected chi connectivity index (χ4v) is 2.42. The summed E-state index contributed by atoms with van der Waals surface area (Å²) in [6.45, 7) is 6.45. The molecular formula is C12H23IN4OS. The number of halogens is 1. The van der Waals surface area contributed by atoms with E-state index in [1.165, 1.54) is 4.88 Å². The molecule has 0 aliphatic heterocycles. The lowest BCUT2D eigenvalue weighted by Crippen LogP contribution is -2.37. The first-order chi connectivity index (χ1) is 8.67. The van der Waals surface area contributed by atoms with Gasteiger partial charge in [0, 0.05) is 32.2 Å². The Labute approximate surface area is 136 Å². The summed E-state index contributed by atoms with van der Waals surface area (Å²) in [4.78, 5) is 9.83. The minimum absolute atomic E-state index is 0. The van der Waals surface area contributed by atoms with Gasteiger partial charge in [0.15, 0.2) is 5.96 Å². The molecule has 0 bridgehead atoms. The molecule has 0 amide bonds. The van der Waals surface area contributed by atoms with Gasteiger partial charge in [0.1, 0.15) is 0 Å². The number of guanidine groups is 1. The molecule has 1 rings (SSSR count). The number of nitrogens with one attached hydrogen (secondary N) is 2. The van der Waals surface area contributed by atoms with Crippen LogP contribution in [0, 0.1) is 13.8 Å². The molecule has 1 aromatic heterocycles. The number of hydrogen-bond acceptors (Lipinski definition) is 4. The number of methoxy groups -OCH3 is 1. The second kappa shape index (κ2) is 10.4. The van der Waals surface area contributed by atoms with Crippen molar-refractivity contribution in [3.63, 3.8) is 0 Å². The second-order valence-electron chi connectivity index (χ2n) is 3.94. The summed E-state index contributed by atoms with van der Waals surface area (Å²) < 4.78 is 5.00. The van der Waals surface area contributed by atoms with Crippen LogP contribution in [-0.2, 0) is 11.3 Å². The minimum atomic E-state index is 0. The van der Waals surface area contributed by atoms with Crippen LogP contribution in [0.4, 0.5) is 0 Å². The standard InChI is InChI=1S/C12H22N4OS.HI/c1-9-11(18-10(2)16-9)8-15-12(13-3)14-6-5-7-17-4;/h5-8H2,1-4H3,(H2,13,14,15);1H. The van der Waals surface area contributed by atoms with E-state index in [1.54, 1.807) is 25.5 Å². The Morgan fingerprint density at radius 1 is 1.37 bits per heavy atom. The lowest BCUT2D eigenvalue weighted by atomic mass is 10.4. The maximum atomic E-state index is 5.00. The molecule has 19 heavy (non-hydrogen) atoms. The Bertz CT molecular complexity index is 395. The molecular weight excluding hydrogens is 375 g/mol. The summed E-state index contributed by atoms with van der Waals surface area (Å²) in [6.07, 6.45) is 0.968. The molecule has 0 aromatic carbocycles. The summed E-state index contributed by atoms with van der Waals surface area (Å²) in [5.74, 6) is 0.816. The normalized spacial score (nSPS) is 11.1. The van der Waals surface area contributed by atoms with Gasteiger partial charge < -0.3 is 15.4 Å². The smallest absolute Gasteiger partial charge is 0.191 e. The van der Waals surface area contributed by atoms with Crippen molar-refractivity contribution in [1.82, 2.24) is 15.6 Å². The van der Waals surface area contributed by atoms with Crippen molar-refractivity contribution in [2.24, 2.45) is 4.99 Å². The number of aryl methyl sites for hydroxylation is 2. The molecule has 0 unspecified atom stereocenters. The van der Waals surface area contributed by atoms with Gasteiger partial charge in [0.25, 0.3) is 0 Å². The number of ether oxygens (including phenoxy) is 1. The monoisotopic (exact) mass is 398 g/mol. The van der Waals surface area contributed by atoms with Crippen molar-refractivity contribution in [1.29, 1.82) is 0 Å². The fourth-order valence-electron chi connectivity index (χ4n) is 1.55. The van der Waals surface area contributed by atoms with Crippen LogP contribution in [0.3, 0.4) is 0 Å². The van der Waals surface area contributed by atoms with Gasteiger partial charge in [-0.1, -0.05) is 0 Å². The maximum Gasteiger partial charge on any atom is 0.191 e. The first kappa shape index (κ1) is 18.6. The Morgan fingerprint density at radius 2 is 2.11 bits per heavy atom. The van der Waals surface area contributed by atoms with Gasteiger partial charge in [-0.3, -0.25) is 4.99 Å². The molecule has 1 aromatic rings. The SMILES string of the molecule is CN=C(NCCCOC)NCc1sc(C)nc1C.I. The predicted molar refractivity (Wildman–Crippen MR) is 91.7 cm³/mol. The maximum absolute atomic E-state index is 5.00. The summed E-state index contributed by atoms with van der Waals surface area (Å²) in [6, 6.07) is 0. The van der Waals surface area contributed by atoms with Crippen LogP contribution < -0.4 is 10.6 Å². The van der Waals surface area contributed by atoms with Crippen LogP contribution in [0.5, 0.6) is 0 Å². The van der Waals surface area contributed by atoms with E-state index in [4.69, 9.17) is 4.74 Å². The van der Waals surface area contributed by atoms with Gasteiger partial charge in [0.05, 0.1) is 17.2 Å². The molecule has 1 heterocycles. The van der Waals surface area contributed by atoms with Crippen LogP contribution in [0.2, 0.25) is 0 Å². The largest absolute Gasteiger partial charge is 0.385 e. The van der Waals surface area contributed by atoms with Crippen LogP contribution in [0.25, 0.3) is 0 Å². The van der Waals surface area contributed by atoms with Crippen LogP contribution in [0.1, 0.15) is 22.0 Å². The van der Waals surface area contributed by atoms with Crippen molar-refractivity contribution < 1.29 is 4.74 Å². The topological polar surface area (TPSA) is 58.5 Å². The van der Waals surface area contributed by atoms with Crippen molar-refractivity contribution in [2.75, 3.05) is 27.3 Å². The zero-order valence-electron chi connectivity index (χ0n) is 11.9. The highest BCUT2D eigenvalue weighted by atomic mass is 127. The molecule has 0 aliphatic rings. The Hall–Kier alpha value is -0.410. The fraction of sp³-hybridized carbons (Fsp3) is 0.667. The molecule has 0 saturated heterocycles. The van der Waals surface area contributed by atoms with E-state index in [-0.39, 0.29) is 24.0 Å². The molecule has 0 saturated carbocycles. The number of aromatic nitrogens is 1. The van der Waals surface area contributed by atoms with Crippen molar-refractivity contribution >= 4 is 41.3 Å². The minimum Gasteiger partial charge on any atom is -0.385 e. The molecule has 0 spiro atoms. The highest BCUT2D eigenvalue weighted by molar-refractivity contribution is 14.0. The number of hydrogen-bond donors (Lipinski definition) is 2. The van der Waals surface area contributed by atoms with E-state index in [1.807, 2.05) is 13.8 Å². The average Bonchev–Trinajstić information content (AvgIpc) is 2.67. The molecule has 2 N–H and O–H groups in total. The summed E-state index contributed by atoms with van der Waals surface area (Å²) in [5.41, 5.74) is 1.10. The van der Waals surface area contributed by atoms with Gasteiger partial charge in [-0.2, -0.15) is 0 Å². The van der Waals surface area contributed by atoms with E-state index >= 15 is 0 Å². The van der Waals surface area contributed by atoms with Gasteiger partial charge in [-0.25, -0.2) is 4.98 Å². The highest BCUT2D eigenvalue weighted by Gasteiger charge is 2.05. The first-order valence-electron chi connectivity index (χ1n) is 6.03. The third kappa shape index (κ3) is 7.07. The van der Waals surface area contributed by atoms with Crippen molar-refractivity contribution in [3.8, 4) is 0 Å². The molecule has 0 atom stereocenters. The van der Waals surface area contributed by atoms with Gasteiger partial charge in [0.2, 0.25) is 0 Å². The average molecular weight is 398 g/mol. The highest BCUT2D eigenvalue weighted by Crippen LogP contribution is 2.16. The van der Waals surface area contributed by atoms with Gasteiger partial charge in [-0.15, -0.1) is 35.3 Å². The van der Waals surface area contributed by atoms with E-state index in [2.05, 4.69) is 20.6 Å². The Balaban J connectivity index is 0.00000324. The third-order valence-electron chi connectivity index (χ3n) is 2.46. The summed E-state index contributed by atoms with van der Waals surface area (Å²) in [7, 11) is 3.48. The van der Waals surface area contributed by atoms with E-state index in [0.29, 0.717) is 0 Å². The first-order valence-corrected chi connectivity index (χ1v) is 6.85. The molecule has 7 heteroatoms. The Morgan fingerprint density at radius 3 is 2.63 bits per heavy atom. The summed E-state index contributed by atoms with van der Waals surface area (Å²) in [5, 5.41) is 7.63. The van der Waals surface area contributed by atoms with E-state index in [0.717, 1.165) is 42.8 Å². The predicted octanol–water partition coefficient (Wildman–Crippen LogP) is 2.08. The van der Waals surface area contributed by atoms with Crippen LogP contribution in [-0.4, -0.2) is 38.3 Å². The third-order valence-corrected chi connectivity index (χ3v) is 3.53. The lowest BCUT2D eigenvalue weighted by Gasteiger charge is -2.11. The molecule has 110 valence electrons. The van der Waals surface area contributed by atoms with Gasteiger partial charge >= 0.3 is 0 Å². The molecule has 0 radical (unpaired) electrons. The van der Waals surface area contributed by atoms with E-state index < -0.39 is 0 Å². The quantitative estimate of drug-likeness (QED) is 0.334. The number of nitrogens with zero attached hydrogens (tertiary/aromatic N) is 2.